The zero-order valence-corrected chi connectivity index (χ0v) is 11.5. The molecule has 0 spiro atoms. The Balaban J connectivity index is 1.85. The van der Waals surface area contributed by atoms with Gasteiger partial charge >= 0.3 is 0 Å². The molecule has 1 aromatic carbocycles. The minimum atomic E-state index is -0.283. The van der Waals surface area contributed by atoms with Crippen LogP contribution in [0.1, 0.15) is 30.8 Å². The largest absolute Gasteiger partial charge is 0.350 e. The summed E-state index contributed by atoms with van der Waals surface area (Å²) in [6.45, 7) is 1.87. The maximum Gasteiger partial charge on any atom is 0.220 e. The Hall–Kier alpha value is -2.24. The highest BCUT2D eigenvalue weighted by Crippen LogP contribution is 2.13. The van der Waals surface area contributed by atoms with Gasteiger partial charge in [0.2, 0.25) is 5.91 Å². The Morgan fingerprint density at radius 1 is 1.40 bits per heavy atom. The standard InChI is InChI=1S/C14H17FN4O/c1-10(11-3-5-12(15)6-4-11)17-14(20)8-7-13-18-16-9-19(13)2/h3-6,9-10H,7-8H2,1-2H3,(H,17,20)/t10-/m1/s1. The van der Waals surface area contributed by atoms with Crippen LogP contribution in [-0.4, -0.2) is 20.7 Å². The van der Waals surface area contributed by atoms with Crippen molar-refractivity contribution in [1.82, 2.24) is 20.1 Å². The lowest BCUT2D eigenvalue weighted by Gasteiger charge is -2.14. The molecule has 0 fully saturated rings. The Labute approximate surface area is 116 Å². The molecule has 0 aliphatic rings. The number of carbonyl (C=O) groups is 1. The second-order valence-corrected chi connectivity index (χ2v) is 4.70. The van der Waals surface area contributed by atoms with Crippen molar-refractivity contribution in [2.24, 2.45) is 7.05 Å². The minimum absolute atomic E-state index is 0.0650. The number of aromatic nitrogens is 3. The number of rotatable bonds is 5. The average molecular weight is 276 g/mol. The SMILES string of the molecule is C[C@@H](NC(=O)CCc1nncn1C)c1ccc(F)cc1. The molecule has 1 amide bonds. The molecular weight excluding hydrogens is 259 g/mol. The molecule has 1 heterocycles. The number of amides is 1. The quantitative estimate of drug-likeness (QED) is 0.905. The average Bonchev–Trinajstić information content (AvgIpc) is 2.82. The van der Waals surface area contributed by atoms with E-state index in [0.29, 0.717) is 12.8 Å². The van der Waals surface area contributed by atoms with Crippen LogP contribution in [0.2, 0.25) is 0 Å². The number of hydrogen-bond acceptors (Lipinski definition) is 3. The molecule has 0 saturated heterocycles. The molecule has 5 nitrogen and oxygen atoms in total. The highest BCUT2D eigenvalue weighted by molar-refractivity contribution is 5.76. The van der Waals surface area contributed by atoms with E-state index in [0.717, 1.165) is 11.4 Å². The summed E-state index contributed by atoms with van der Waals surface area (Å²) >= 11 is 0. The van der Waals surface area contributed by atoms with Crippen LogP contribution in [0.5, 0.6) is 0 Å². The first-order chi connectivity index (χ1) is 9.56. The second-order valence-electron chi connectivity index (χ2n) is 4.70. The first-order valence-electron chi connectivity index (χ1n) is 6.44. The van der Waals surface area contributed by atoms with Crippen molar-refractivity contribution in [3.63, 3.8) is 0 Å². The van der Waals surface area contributed by atoms with Gasteiger partial charge in [-0.15, -0.1) is 10.2 Å². The number of halogens is 1. The summed E-state index contributed by atoms with van der Waals surface area (Å²) in [4.78, 5) is 11.9. The fourth-order valence-corrected chi connectivity index (χ4v) is 1.91. The number of hydrogen-bond donors (Lipinski definition) is 1. The lowest BCUT2D eigenvalue weighted by atomic mass is 10.1. The predicted molar refractivity (Wildman–Crippen MR) is 72.3 cm³/mol. The van der Waals surface area contributed by atoms with Crippen LogP contribution >= 0.6 is 0 Å². The molecule has 106 valence electrons. The third-order valence-corrected chi connectivity index (χ3v) is 3.13. The number of nitrogens with one attached hydrogen (secondary N) is 1. The Morgan fingerprint density at radius 2 is 2.10 bits per heavy atom. The van der Waals surface area contributed by atoms with Crippen LogP contribution in [0, 0.1) is 5.82 Å². The van der Waals surface area contributed by atoms with Crippen LogP contribution in [0.4, 0.5) is 4.39 Å². The van der Waals surface area contributed by atoms with E-state index >= 15 is 0 Å². The third kappa shape index (κ3) is 3.63. The predicted octanol–water partition coefficient (Wildman–Crippen LogP) is 1.76. The summed E-state index contributed by atoms with van der Waals surface area (Å²) in [5, 5.41) is 10.6. The second kappa shape index (κ2) is 6.27. The van der Waals surface area contributed by atoms with Crippen molar-refractivity contribution in [1.29, 1.82) is 0 Å². The number of aryl methyl sites for hydroxylation is 2. The summed E-state index contributed by atoms with van der Waals surface area (Å²) in [6, 6.07) is 5.96. The normalized spacial score (nSPS) is 12.2. The van der Waals surface area contributed by atoms with Crippen LogP contribution in [-0.2, 0) is 18.3 Å². The van der Waals surface area contributed by atoms with E-state index in [4.69, 9.17) is 0 Å². The molecule has 0 radical (unpaired) electrons. The Morgan fingerprint density at radius 3 is 2.70 bits per heavy atom. The molecular formula is C14H17FN4O. The topological polar surface area (TPSA) is 59.8 Å². The number of benzene rings is 1. The monoisotopic (exact) mass is 276 g/mol. The molecule has 0 bridgehead atoms. The molecule has 0 unspecified atom stereocenters. The molecule has 0 aliphatic heterocycles. The first-order valence-corrected chi connectivity index (χ1v) is 6.44. The van der Waals surface area contributed by atoms with E-state index in [1.54, 1.807) is 23.0 Å². The maximum absolute atomic E-state index is 12.8. The van der Waals surface area contributed by atoms with Gasteiger partial charge in [-0.1, -0.05) is 12.1 Å². The van der Waals surface area contributed by atoms with E-state index in [2.05, 4.69) is 15.5 Å². The van der Waals surface area contributed by atoms with Gasteiger partial charge in [0.05, 0.1) is 6.04 Å². The summed E-state index contributed by atoms with van der Waals surface area (Å²) in [6.07, 6.45) is 2.49. The molecule has 20 heavy (non-hydrogen) atoms. The Kier molecular flexibility index (Phi) is 4.45. The Bertz CT molecular complexity index is 579. The highest BCUT2D eigenvalue weighted by atomic mass is 19.1. The van der Waals surface area contributed by atoms with Gasteiger partial charge in [-0.25, -0.2) is 4.39 Å². The molecule has 2 rings (SSSR count). The third-order valence-electron chi connectivity index (χ3n) is 3.13. The van der Waals surface area contributed by atoms with E-state index in [9.17, 15) is 9.18 Å². The minimum Gasteiger partial charge on any atom is -0.350 e. The van der Waals surface area contributed by atoms with Gasteiger partial charge in [-0.2, -0.15) is 0 Å². The van der Waals surface area contributed by atoms with Gasteiger partial charge < -0.3 is 9.88 Å². The van der Waals surface area contributed by atoms with Crippen LogP contribution in [0.3, 0.4) is 0 Å². The van der Waals surface area contributed by atoms with Gasteiger partial charge in [0, 0.05) is 19.9 Å². The molecule has 0 saturated carbocycles. The smallest absolute Gasteiger partial charge is 0.220 e. The van der Waals surface area contributed by atoms with Crippen molar-refractivity contribution in [2.45, 2.75) is 25.8 Å². The van der Waals surface area contributed by atoms with Gasteiger partial charge in [-0.3, -0.25) is 4.79 Å². The summed E-state index contributed by atoms with van der Waals surface area (Å²) < 4.78 is 14.6. The molecule has 6 heteroatoms. The lowest BCUT2D eigenvalue weighted by molar-refractivity contribution is -0.121. The molecule has 1 N–H and O–H groups in total. The van der Waals surface area contributed by atoms with Gasteiger partial charge in [-0.05, 0) is 24.6 Å². The van der Waals surface area contributed by atoms with E-state index < -0.39 is 0 Å². The van der Waals surface area contributed by atoms with Crippen LogP contribution < -0.4 is 5.32 Å². The van der Waals surface area contributed by atoms with Crippen molar-refractivity contribution in [3.05, 3.63) is 47.8 Å². The highest BCUT2D eigenvalue weighted by Gasteiger charge is 2.11. The molecule has 0 aliphatic carbocycles. The maximum atomic E-state index is 12.8. The summed E-state index contributed by atoms with van der Waals surface area (Å²) in [5.74, 6) is 0.425. The zero-order chi connectivity index (χ0) is 14.5. The van der Waals surface area contributed by atoms with Gasteiger partial charge in [0.15, 0.2) is 0 Å². The summed E-state index contributed by atoms with van der Waals surface area (Å²) in [5.41, 5.74) is 0.874. The van der Waals surface area contributed by atoms with E-state index in [-0.39, 0.29) is 17.8 Å². The van der Waals surface area contributed by atoms with Crippen molar-refractivity contribution >= 4 is 5.91 Å². The van der Waals surface area contributed by atoms with Crippen molar-refractivity contribution in [3.8, 4) is 0 Å². The van der Waals surface area contributed by atoms with Crippen molar-refractivity contribution in [2.75, 3.05) is 0 Å². The van der Waals surface area contributed by atoms with Crippen LogP contribution in [0.15, 0.2) is 30.6 Å². The fraction of sp³-hybridized carbons (Fsp3) is 0.357. The van der Waals surface area contributed by atoms with Gasteiger partial charge in [0.1, 0.15) is 18.0 Å². The summed E-state index contributed by atoms with van der Waals surface area (Å²) in [7, 11) is 1.84. The van der Waals surface area contributed by atoms with E-state index in [1.165, 1.54) is 12.1 Å². The zero-order valence-electron chi connectivity index (χ0n) is 11.5. The fourth-order valence-electron chi connectivity index (χ4n) is 1.91. The first kappa shape index (κ1) is 14.2. The molecule has 1 atom stereocenters. The number of carbonyl (C=O) groups excluding carboxylic acids is 1. The van der Waals surface area contributed by atoms with E-state index in [1.807, 2.05) is 14.0 Å². The molecule has 1 aromatic heterocycles. The molecule has 2 aromatic rings. The lowest BCUT2D eigenvalue weighted by Crippen LogP contribution is -2.27. The number of nitrogens with zero attached hydrogens (tertiary/aromatic N) is 3. The van der Waals surface area contributed by atoms with Gasteiger partial charge in [0.25, 0.3) is 0 Å². The van der Waals surface area contributed by atoms with Crippen LogP contribution in [0.25, 0.3) is 0 Å². The van der Waals surface area contributed by atoms with Crippen molar-refractivity contribution < 1.29 is 9.18 Å².